The fourth-order valence-corrected chi connectivity index (χ4v) is 3.71. The number of likely N-dealkylation sites (tertiary alicyclic amines) is 1. The summed E-state index contributed by atoms with van der Waals surface area (Å²) in [6.45, 7) is 6.47. The van der Waals surface area contributed by atoms with Gasteiger partial charge in [0, 0.05) is 6.54 Å². The van der Waals surface area contributed by atoms with Gasteiger partial charge in [-0.3, -0.25) is 0 Å². The third-order valence-electron chi connectivity index (χ3n) is 5.07. The molecule has 0 radical (unpaired) electrons. The summed E-state index contributed by atoms with van der Waals surface area (Å²) < 4.78 is 0. The molecule has 2 aliphatic rings. The summed E-state index contributed by atoms with van der Waals surface area (Å²) in [5.74, 6) is 1.86. The van der Waals surface area contributed by atoms with Gasteiger partial charge in [-0.25, -0.2) is 0 Å². The quantitative estimate of drug-likeness (QED) is 0.874. The van der Waals surface area contributed by atoms with Gasteiger partial charge >= 0.3 is 0 Å². The zero-order valence-electron chi connectivity index (χ0n) is 13.4. The third kappa shape index (κ3) is 6.08. The van der Waals surface area contributed by atoms with Crippen molar-refractivity contribution in [1.82, 2.24) is 10.2 Å². The minimum atomic E-state index is 0. The van der Waals surface area contributed by atoms with E-state index in [1.807, 2.05) is 0 Å². The lowest BCUT2D eigenvalue weighted by atomic mass is 9.90. The van der Waals surface area contributed by atoms with E-state index in [4.69, 9.17) is 0 Å². The first kappa shape index (κ1) is 19.8. The van der Waals surface area contributed by atoms with Crippen LogP contribution in [0.4, 0.5) is 0 Å². The first-order valence-corrected chi connectivity index (χ1v) is 8.37. The van der Waals surface area contributed by atoms with Gasteiger partial charge in [0.25, 0.3) is 0 Å². The van der Waals surface area contributed by atoms with Crippen LogP contribution in [0.2, 0.25) is 0 Å². The lowest BCUT2D eigenvalue weighted by Gasteiger charge is -2.33. The molecule has 0 aliphatic carbocycles. The average Bonchev–Trinajstić information content (AvgIpc) is 3.01. The standard InChI is InChI=1S/C18H28N2.2ClH/c1-2-4-16(5-3-1)6-7-17-9-12-20(13-10-17)15-18-8-11-19-14-18;;/h1-5,17-19H,6-15H2;2*1H. The van der Waals surface area contributed by atoms with Crippen LogP contribution in [0, 0.1) is 11.8 Å². The summed E-state index contributed by atoms with van der Waals surface area (Å²) in [7, 11) is 0. The van der Waals surface area contributed by atoms with Crippen molar-refractivity contribution in [2.75, 3.05) is 32.7 Å². The zero-order chi connectivity index (χ0) is 13.6. The van der Waals surface area contributed by atoms with Crippen LogP contribution in [0.3, 0.4) is 0 Å². The number of nitrogens with one attached hydrogen (secondary N) is 1. The fourth-order valence-electron chi connectivity index (χ4n) is 3.71. The van der Waals surface area contributed by atoms with Crippen LogP contribution >= 0.6 is 24.8 Å². The molecule has 126 valence electrons. The molecule has 2 aliphatic heterocycles. The van der Waals surface area contributed by atoms with E-state index in [9.17, 15) is 0 Å². The number of benzene rings is 1. The summed E-state index contributed by atoms with van der Waals surface area (Å²) in [6.07, 6.45) is 6.84. The molecule has 2 nitrogen and oxygen atoms in total. The van der Waals surface area contributed by atoms with Crippen molar-refractivity contribution in [2.45, 2.75) is 32.1 Å². The molecule has 0 bridgehead atoms. The molecule has 0 aromatic heterocycles. The molecule has 1 aromatic carbocycles. The predicted octanol–water partition coefficient (Wildman–Crippen LogP) is 3.78. The number of hydrogen-bond donors (Lipinski definition) is 1. The van der Waals surface area contributed by atoms with Gasteiger partial charge in [-0.05, 0) is 75.7 Å². The van der Waals surface area contributed by atoms with Crippen molar-refractivity contribution in [2.24, 2.45) is 11.8 Å². The highest BCUT2D eigenvalue weighted by atomic mass is 35.5. The number of halogens is 2. The topological polar surface area (TPSA) is 15.3 Å². The second-order valence-electron chi connectivity index (χ2n) is 6.63. The summed E-state index contributed by atoms with van der Waals surface area (Å²) >= 11 is 0. The van der Waals surface area contributed by atoms with Gasteiger partial charge in [0.1, 0.15) is 0 Å². The van der Waals surface area contributed by atoms with Gasteiger partial charge < -0.3 is 10.2 Å². The van der Waals surface area contributed by atoms with E-state index in [0.29, 0.717) is 0 Å². The van der Waals surface area contributed by atoms with E-state index in [0.717, 1.165) is 11.8 Å². The van der Waals surface area contributed by atoms with Crippen molar-refractivity contribution in [1.29, 1.82) is 0 Å². The van der Waals surface area contributed by atoms with E-state index in [-0.39, 0.29) is 24.8 Å². The molecule has 4 heteroatoms. The molecule has 1 atom stereocenters. The Kier molecular flexibility index (Phi) is 9.42. The Labute approximate surface area is 147 Å². The van der Waals surface area contributed by atoms with E-state index < -0.39 is 0 Å². The molecular formula is C18H30Cl2N2. The highest BCUT2D eigenvalue weighted by Crippen LogP contribution is 2.23. The minimum absolute atomic E-state index is 0. The SMILES string of the molecule is Cl.Cl.c1ccc(CCC2CCN(CC3CCNC3)CC2)cc1. The molecule has 22 heavy (non-hydrogen) atoms. The maximum Gasteiger partial charge on any atom is 0.00223 e. The van der Waals surface area contributed by atoms with Crippen molar-refractivity contribution in [3.05, 3.63) is 35.9 Å². The Hall–Kier alpha value is -0.280. The minimum Gasteiger partial charge on any atom is -0.316 e. The summed E-state index contributed by atoms with van der Waals surface area (Å²) in [5, 5.41) is 3.48. The molecule has 2 saturated heterocycles. The highest BCUT2D eigenvalue weighted by molar-refractivity contribution is 5.85. The van der Waals surface area contributed by atoms with E-state index in [1.165, 1.54) is 70.4 Å². The van der Waals surface area contributed by atoms with Crippen LogP contribution in [0.15, 0.2) is 30.3 Å². The summed E-state index contributed by atoms with van der Waals surface area (Å²) in [4.78, 5) is 2.71. The normalized spacial score (nSPS) is 22.8. The first-order valence-electron chi connectivity index (χ1n) is 8.37. The lowest BCUT2D eigenvalue weighted by Crippen LogP contribution is -2.37. The van der Waals surface area contributed by atoms with Crippen LogP contribution < -0.4 is 5.32 Å². The molecule has 2 heterocycles. The third-order valence-corrected chi connectivity index (χ3v) is 5.07. The lowest BCUT2D eigenvalue weighted by molar-refractivity contribution is 0.160. The van der Waals surface area contributed by atoms with Crippen LogP contribution in [0.5, 0.6) is 0 Å². The molecule has 0 saturated carbocycles. The Bertz CT molecular complexity index is 385. The van der Waals surface area contributed by atoms with Gasteiger partial charge in [0.15, 0.2) is 0 Å². The van der Waals surface area contributed by atoms with Crippen molar-refractivity contribution in [3.8, 4) is 0 Å². The smallest absolute Gasteiger partial charge is 0.00223 e. The van der Waals surface area contributed by atoms with Crippen LogP contribution in [0.25, 0.3) is 0 Å². The highest BCUT2D eigenvalue weighted by Gasteiger charge is 2.23. The van der Waals surface area contributed by atoms with Crippen LogP contribution in [-0.4, -0.2) is 37.6 Å². The second-order valence-corrected chi connectivity index (χ2v) is 6.63. The number of hydrogen-bond acceptors (Lipinski definition) is 2. The summed E-state index contributed by atoms with van der Waals surface area (Å²) in [5.41, 5.74) is 1.51. The Morgan fingerprint density at radius 3 is 2.32 bits per heavy atom. The van der Waals surface area contributed by atoms with Crippen molar-refractivity contribution in [3.63, 3.8) is 0 Å². The van der Waals surface area contributed by atoms with Gasteiger partial charge in [-0.2, -0.15) is 0 Å². The number of piperidine rings is 1. The Balaban J connectivity index is 0.00000121. The second kappa shape index (κ2) is 10.5. The van der Waals surface area contributed by atoms with Gasteiger partial charge in [-0.15, -0.1) is 24.8 Å². The zero-order valence-corrected chi connectivity index (χ0v) is 15.0. The Morgan fingerprint density at radius 1 is 0.955 bits per heavy atom. The molecule has 0 amide bonds. The van der Waals surface area contributed by atoms with Crippen LogP contribution in [-0.2, 0) is 6.42 Å². The largest absolute Gasteiger partial charge is 0.316 e. The maximum absolute atomic E-state index is 3.48. The first-order chi connectivity index (χ1) is 9.90. The Morgan fingerprint density at radius 2 is 1.68 bits per heavy atom. The molecule has 0 spiro atoms. The van der Waals surface area contributed by atoms with Crippen molar-refractivity contribution >= 4 is 24.8 Å². The molecule has 1 N–H and O–H groups in total. The average molecular weight is 345 g/mol. The summed E-state index contributed by atoms with van der Waals surface area (Å²) in [6, 6.07) is 11.0. The van der Waals surface area contributed by atoms with Crippen LogP contribution in [0.1, 0.15) is 31.2 Å². The molecule has 1 aromatic rings. The van der Waals surface area contributed by atoms with E-state index >= 15 is 0 Å². The van der Waals surface area contributed by atoms with Gasteiger partial charge in [-0.1, -0.05) is 30.3 Å². The number of aryl methyl sites for hydroxylation is 1. The van der Waals surface area contributed by atoms with Gasteiger partial charge in [0.05, 0.1) is 0 Å². The number of nitrogens with zero attached hydrogens (tertiary/aromatic N) is 1. The van der Waals surface area contributed by atoms with Gasteiger partial charge in [0.2, 0.25) is 0 Å². The monoisotopic (exact) mass is 344 g/mol. The molecule has 1 unspecified atom stereocenters. The molecular weight excluding hydrogens is 315 g/mol. The maximum atomic E-state index is 3.48. The van der Waals surface area contributed by atoms with E-state index in [2.05, 4.69) is 40.5 Å². The molecule has 3 rings (SSSR count). The van der Waals surface area contributed by atoms with E-state index in [1.54, 1.807) is 0 Å². The fraction of sp³-hybridized carbons (Fsp3) is 0.667. The predicted molar refractivity (Wildman–Crippen MR) is 99.4 cm³/mol. The molecule has 2 fully saturated rings. The number of rotatable bonds is 5. The van der Waals surface area contributed by atoms with Crippen molar-refractivity contribution < 1.29 is 0 Å².